The molecule has 4 heteroatoms. The molecule has 0 heterocycles. The number of rotatable bonds is 8. The maximum Gasteiger partial charge on any atom is 0.303 e. The number of aryl methyl sites for hydroxylation is 3. The molecular weight excluding hydrogens is 352 g/mol. The van der Waals surface area contributed by atoms with Crippen LogP contribution >= 0.6 is 0 Å². The van der Waals surface area contributed by atoms with Crippen LogP contribution in [0.2, 0.25) is 0 Å². The van der Waals surface area contributed by atoms with Crippen LogP contribution in [0.15, 0.2) is 48.5 Å². The lowest BCUT2D eigenvalue weighted by Crippen LogP contribution is -2.12. The van der Waals surface area contributed by atoms with E-state index in [4.69, 9.17) is 14.6 Å². The summed E-state index contributed by atoms with van der Waals surface area (Å²) in [5.41, 5.74) is 4.39. The molecule has 0 bridgehead atoms. The summed E-state index contributed by atoms with van der Waals surface area (Å²) in [7, 11) is 0. The normalized spacial score (nSPS) is 10.8. The van der Waals surface area contributed by atoms with Crippen LogP contribution in [0.4, 0.5) is 0 Å². The summed E-state index contributed by atoms with van der Waals surface area (Å²) in [6, 6.07) is 16.1. The number of carboxylic acids is 1. The van der Waals surface area contributed by atoms with Gasteiger partial charge < -0.3 is 14.6 Å². The third-order valence-electron chi connectivity index (χ3n) is 5.05. The Bertz CT molecular complexity index is 991. The van der Waals surface area contributed by atoms with Crippen molar-refractivity contribution >= 4 is 16.7 Å². The van der Waals surface area contributed by atoms with Crippen molar-refractivity contribution in [1.29, 1.82) is 0 Å². The molecule has 3 aromatic rings. The third-order valence-corrected chi connectivity index (χ3v) is 5.05. The smallest absolute Gasteiger partial charge is 0.303 e. The summed E-state index contributed by atoms with van der Waals surface area (Å²) >= 11 is 0. The Morgan fingerprint density at radius 2 is 1.61 bits per heavy atom. The first kappa shape index (κ1) is 19.7. The van der Waals surface area contributed by atoms with Crippen molar-refractivity contribution in [1.82, 2.24) is 0 Å². The molecule has 4 nitrogen and oxygen atoms in total. The summed E-state index contributed by atoms with van der Waals surface area (Å²) < 4.78 is 12.0. The Morgan fingerprint density at radius 3 is 2.39 bits per heavy atom. The van der Waals surface area contributed by atoms with Gasteiger partial charge in [-0.05, 0) is 60.7 Å². The Kier molecular flexibility index (Phi) is 6.19. The van der Waals surface area contributed by atoms with E-state index in [0.717, 1.165) is 39.0 Å². The molecule has 0 amide bonds. The summed E-state index contributed by atoms with van der Waals surface area (Å²) in [5, 5.41) is 11.2. The average molecular weight is 378 g/mol. The highest BCUT2D eigenvalue weighted by molar-refractivity contribution is 5.88. The molecule has 0 saturated carbocycles. The standard InChI is InChI=1S/C24H26O4/c1-16-8-9-17(2)24(18(16)3)28-15-14-27-22-12-10-19-6-4-5-7-20(19)21(22)11-13-23(25)26/h4-10,12H,11,13-15H2,1-3H3,(H,25,26). The number of aliphatic carboxylic acids is 1. The second-order valence-corrected chi connectivity index (χ2v) is 7.01. The molecule has 0 spiro atoms. The average Bonchev–Trinajstić information content (AvgIpc) is 2.69. The molecule has 0 aromatic heterocycles. The van der Waals surface area contributed by atoms with Gasteiger partial charge in [-0.1, -0.05) is 42.5 Å². The monoisotopic (exact) mass is 378 g/mol. The number of hydrogen-bond donors (Lipinski definition) is 1. The lowest BCUT2D eigenvalue weighted by molar-refractivity contribution is -0.136. The first-order chi connectivity index (χ1) is 13.5. The Balaban J connectivity index is 1.73. The lowest BCUT2D eigenvalue weighted by Gasteiger charge is -2.16. The first-order valence-corrected chi connectivity index (χ1v) is 9.52. The van der Waals surface area contributed by atoms with E-state index in [1.54, 1.807) is 0 Å². The van der Waals surface area contributed by atoms with Gasteiger partial charge in [0.25, 0.3) is 0 Å². The predicted octanol–water partition coefficient (Wildman–Crippen LogP) is 5.24. The van der Waals surface area contributed by atoms with Gasteiger partial charge in [0.15, 0.2) is 0 Å². The fourth-order valence-electron chi connectivity index (χ4n) is 3.38. The van der Waals surface area contributed by atoms with E-state index in [0.29, 0.717) is 19.6 Å². The molecule has 0 atom stereocenters. The quantitative estimate of drug-likeness (QED) is 0.545. The SMILES string of the molecule is Cc1ccc(C)c(OCCOc2ccc3ccccc3c2CCC(=O)O)c1C. The summed E-state index contributed by atoms with van der Waals surface area (Å²) in [6.07, 6.45) is 0.505. The van der Waals surface area contributed by atoms with Crippen LogP contribution in [0.1, 0.15) is 28.7 Å². The molecule has 146 valence electrons. The molecule has 0 radical (unpaired) electrons. The van der Waals surface area contributed by atoms with Crippen molar-refractivity contribution in [2.45, 2.75) is 33.6 Å². The van der Waals surface area contributed by atoms with Crippen molar-refractivity contribution in [2.75, 3.05) is 13.2 Å². The van der Waals surface area contributed by atoms with E-state index in [-0.39, 0.29) is 6.42 Å². The minimum atomic E-state index is -0.812. The first-order valence-electron chi connectivity index (χ1n) is 9.52. The molecule has 0 saturated heterocycles. The Hall–Kier alpha value is -3.01. The highest BCUT2D eigenvalue weighted by atomic mass is 16.5. The molecule has 0 aliphatic rings. The zero-order valence-corrected chi connectivity index (χ0v) is 16.6. The molecule has 28 heavy (non-hydrogen) atoms. The Morgan fingerprint density at radius 1 is 0.893 bits per heavy atom. The van der Waals surface area contributed by atoms with Crippen molar-refractivity contribution < 1.29 is 19.4 Å². The molecule has 1 N–H and O–H groups in total. The van der Waals surface area contributed by atoms with E-state index in [2.05, 4.69) is 26.0 Å². The largest absolute Gasteiger partial charge is 0.490 e. The van der Waals surface area contributed by atoms with Crippen molar-refractivity contribution in [3.05, 3.63) is 70.8 Å². The third kappa shape index (κ3) is 4.45. The van der Waals surface area contributed by atoms with Gasteiger partial charge in [-0.2, -0.15) is 0 Å². The summed E-state index contributed by atoms with van der Waals surface area (Å²) in [6.45, 7) is 6.99. The molecule has 0 aliphatic heterocycles. The van der Waals surface area contributed by atoms with Crippen LogP contribution in [0.3, 0.4) is 0 Å². The van der Waals surface area contributed by atoms with Gasteiger partial charge in [0.2, 0.25) is 0 Å². The summed E-state index contributed by atoms with van der Waals surface area (Å²) in [5.74, 6) is 0.821. The number of fused-ring (bicyclic) bond motifs is 1. The minimum Gasteiger partial charge on any atom is -0.490 e. The zero-order chi connectivity index (χ0) is 20.1. The Labute approximate surface area is 165 Å². The second kappa shape index (κ2) is 8.79. The van der Waals surface area contributed by atoms with E-state index < -0.39 is 5.97 Å². The van der Waals surface area contributed by atoms with Crippen LogP contribution in [-0.4, -0.2) is 24.3 Å². The van der Waals surface area contributed by atoms with Gasteiger partial charge in [0, 0.05) is 12.0 Å². The molecule has 0 aliphatic carbocycles. The van der Waals surface area contributed by atoms with E-state index in [1.165, 1.54) is 5.56 Å². The topological polar surface area (TPSA) is 55.8 Å². The van der Waals surface area contributed by atoms with Crippen LogP contribution < -0.4 is 9.47 Å². The predicted molar refractivity (Wildman–Crippen MR) is 112 cm³/mol. The highest BCUT2D eigenvalue weighted by Crippen LogP contribution is 2.30. The van der Waals surface area contributed by atoms with Gasteiger partial charge in [0.05, 0.1) is 0 Å². The molecule has 3 rings (SSSR count). The van der Waals surface area contributed by atoms with Crippen molar-refractivity contribution in [2.24, 2.45) is 0 Å². The van der Waals surface area contributed by atoms with Gasteiger partial charge in [0.1, 0.15) is 24.7 Å². The molecular formula is C24H26O4. The second-order valence-electron chi connectivity index (χ2n) is 7.01. The van der Waals surface area contributed by atoms with E-state index in [1.807, 2.05) is 43.3 Å². The molecule has 0 fully saturated rings. The van der Waals surface area contributed by atoms with Crippen LogP contribution in [-0.2, 0) is 11.2 Å². The van der Waals surface area contributed by atoms with Gasteiger partial charge in [-0.25, -0.2) is 0 Å². The van der Waals surface area contributed by atoms with Crippen molar-refractivity contribution in [3.8, 4) is 11.5 Å². The number of carboxylic acid groups (broad SMARTS) is 1. The highest BCUT2D eigenvalue weighted by Gasteiger charge is 2.11. The fraction of sp³-hybridized carbons (Fsp3) is 0.292. The minimum absolute atomic E-state index is 0.0720. The van der Waals surface area contributed by atoms with Gasteiger partial charge in [-0.15, -0.1) is 0 Å². The van der Waals surface area contributed by atoms with Crippen LogP contribution in [0, 0.1) is 20.8 Å². The molecule has 0 unspecified atom stereocenters. The van der Waals surface area contributed by atoms with Gasteiger partial charge in [-0.3, -0.25) is 4.79 Å². The molecule has 3 aromatic carbocycles. The number of ether oxygens (including phenoxy) is 2. The number of carbonyl (C=O) groups is 1. The number of hydrogen-bond acceptors (Lipinski definition) is 3. The summed E-state index contributed by atoms with van der Waals surface area (Å²) in [4.78, 5) is 11.1. The number of benzene rings is 3. The maximum atomic E-state index is 11.1. The van der Waals surface area contributed by atoms with Gasteiger partial charge >= 0.3 is 5.97 Å². The zero-order valence-electron chi connectivity index (χ0n) is 16.6. The maximum absolute atomic E-state index is 11.1. The van der Waals surface area contributed by atoms with E-state index in [9.17, 15) is 4.79 Å². The van der Waals surface area contributed by atoms with Crippen molar-refractivity contribution in [3.63, 3.8) is 0 Å². The van der Waals surface area contributed by atoms with E-state index >= 15 is 0 Å². The van der Waals surface area contributed by atoms with Crippen LogP contribution in [0.25, 0.3) is 10.8 Å². The lowest BCUT2D eigenvalue weighted by atomic mass is 10.00. The van der Waals surface area contributed by atoms with Crippen LogP contribution in [0.5, 0.6) is 11.5 Å². The fourth-order valence-corrected chi connectivity index (χ4v) is 3.38.